The van der Waals surface area contributed by atoms with E-state index < -0.39 is 0 Å². The number of nitrogens with zero attached hydrogens (tertiary/aromatic N) is 1. The number of hydrogen-bond donors (Lipinski definition) is 1. The Labute approximate surface area is 118 Å². The van der Waals surface area contributed by atoms with E-state index in [9.17, 15) is 4.79 Å². The van der Waals surface area contributed by atoms with Crippen LogP contribution >= 0.6 is 0 Å². The van der Waals surface area contributed by atoms with Gasteiger partial charge in [0.15, 0.2) is 0 Å². The lowest BCUT2D eigenvalue weighted by Crippen LogP contribution is -2.23. The molecule has 1 amide bonds. The summed E-state index contributed by atoms with van der Waals surface area (Å²) in [6.45, 7) is 7.76. The molecule has 0 aromatic carbocycles. The van der Waals surface area contributed by atoms with E-state index in [0.29, 0.717) is 13.0 Å². The van der Waals surface area contributed by atoms with Gasteiger partial charge in [-0.3, -0.25) is 4.79 Å². The number of amides is 1. The number of carbonyl (C=O) groups excluding carboxylic acids is 1. The second-order valence-corrected chi connectivity index (χ2v) is 4.71. The van der Waals surface area contributed by atoms with Crippen LogP contribution in [0.5, 0.6) is 0 Å². The van der Waals surface area contributed by atoms with Crippen LogP contribution in [0.25, 0.3) is 0 Å². The summed E-state index contributed by atoms with van der Waals surface area (Å²) >= 11 is 0. The van der Waals surface area contributed by atoms with E-state index >= 15 is 0 Å². The maximum Gasteiger partial charge on any atom is 0.219 e. The zero-order valence-corrected chi connectivity index (χ0v) is 12.8. The van der Waals surface area contributed by atoms with Crippen LogP contribution in [0, 0.1) is 0 Å². The predicted molar refractivity (Wildman–Crippen MR) is 80.4 cm³/mol. The van der Waals surface area contributed by atoms with Crippen LogP contribution in [-0.4, -0.2) is 24.8 Å². The summed E-state index contributed by atoms with van der Waals surface area (Å²) in [7, 11) is 0. The minimum atomic E-state index is 0.173. The molecule has 0 aliphatic heterocycles. The largest absolute Gasteiger partial charge is 0.396 e. The lowest BCUT2D eigenvalue weighted by atomic mass is 10.2. The fourth-order valence-corrected chi connectivity index (χ4v) is 1.64. The monoisotopic (exact) mass is 270 g/mol. The molecule has 0 saturated heterocycles. The molecular weight excluding hydrogens is 240 g/mol. The highest BCUT2D eigenvalue weighted by Gasteiger charge is 2.00. The summed E-state index contributed by atoms with van der Waals surface area (Å²) < 4.78 is 0. The van der Waals surface area contributed by atoms with E-state index in [1.807, 2.05) is 0 Å². The summed E-state index contributed by atoms with van der Waals surface area (Å²) in [4.78, 5) is 16.7. The first kappa shape index (κ1) is 17.9. The molecule has 1 N–H and O–H groups in total. The van der Waals surface area contributed by atoms with Crippen molar-refractivity contribution in [3.63, 3.8) is 0 Å². The average molecular weight is 270 g/mol. The highest BCUT2D eigenvalue weighted by atomic mass is 16.6. The Kier molecular flexibility index (Phi) is 12.6. The van der Waals surface area contributed by atoms with Crippen molar-refractivity contribution in [3.05, 3.63) is 0 Å². The fourth-order valence-electron chi connectivity index (χ4n) is 1.64. The smallest absolute Gasteiger partial charge is 0.219 e. The first-order valence-corrected chi connectivity index (χ1v) is 7.68. The number of hydrogen-bond acceptors (Lipinski definition) is 3. The zero-order valence-electron chi connectivity index (χ0n) is 12.8. The maximum absolute atomic E-state index is 11.4. The van der Waals surface area contributed by atoms with Crippen molar-refractivity contribution < 1.29 is 9.63 Å². The van der Waals surface area contributed by atoms with E-state index in [2.05, 4.69) is 31.2 Å². The SMILES string of the molecule is CCCCNC(=O)CCCCCON=C(CC)CC. The molecule has 0 radical (unpaired) electrons. The standard InChI is InChI=1S/C15H30N2O2/c1-4-7-12-16-15(18)11-9-8-10-13-19-17-14(5-2)6-3/h4-13H2,1-3H3,(H,16,18). The Morgan fingerprint density at radius 2 is 1.79 bits per heavy atom. The number of oxime groups is 1. The third kappa shape index (κ3) is 11.7. The summed E-state index contributed by atoms with van der Waals surface area (Å²) in [5.74, 6) is 0.173. The quantitative estimate of drug-likeness (QED) is 0.334. The zero-order chi connectivity index (χ0) is 14.3. The van der Waals surface area contributed by atoms with Crippen LogP contribution in [0.15, 0.2) is 5.16 Å². The van der Waals surface area contributed by atoms with Crippen LogP contribution in [0.4, 0.5) is 0 Å². The molecule has 0 heterocycles. The van der Waals surface area contributed by atoms with Crippen molar-refractivity contribution in [3.8, 4) is 0 Å². The predicted octanol–water partition coefficient (Wildman–Crippen LogP) is 3.66. The lowest BCUT2D eigenvalue weighted by molar-refractivity contribution is -0.121. The van der Waals surface area contributed by atoms with E-state index in [1.54, 1.807) is 0 Å². The van der Waals surface area contributed by atoms with Crippen molar-refractivity contribution in [2.24, 2.45) is 5.16 Å². The minimum absolute atomic E-state index is 0.173. The van der Waals surface area contributed by atoms with Crippen LogP contribution < -0.4 is 5.32 Å². The molecule has 0 atom stereocenters. The molecule has 4 nitrogen and oxygen atoms in total. The molecule has 0 spiro atoms. The van der Waals surface area contributed by atoms with Gasteiger partial charge in [-0.1, -0.05) is 32.3 Å². The second-order valence-electron chi connectivity index (χ2n) is 4.71. The van der Waals surface area contributed by atoms with Gasteiger partial charge in [0.25, 0.3) is 0 Å². The molecular formula is C15H30N2O2. The topological polar surface area (TPSA) is 50.7 Å². The van der Waals surface area contributed by atoms with Gasteiger partial charge in [0.1, 0.15) is 6.61 Å². The van der Waals surface area contributed by atoms with Crippen molar-refractivity contribution in [1.29, 1.82) is 0 Å². The fraction of sp³-hybridized carbons (Fsp3) is 0.867. The van der Waals surface area contributed by atoms with Gasteiger partial charge in [-0.2, -0.15) is 0 Å². The minimum Gasteiger partial charge on any atom is -0.396 e. The van der Waals surface area contributed by atoms with Crippen molar-refractivity contribution in [2.45, 2.75) is 72.1 Å². The third-order valence-electron chi connectivity index (χ3n) is 3.00. The van der Waals surface area contributed by atoms with Gasteiger partial charge in [-0.25, -0.2) is 0 Å². The molecule has 0 aliphatic rings. The normalized spacial score (nSPS) is 10.1. The molecule has 19 heavy (non-hydrogen) atoms. The van der Waals surface area contributed by atoms with Crippen molar-refractivity contribution in [1.82, 2.24) is 5.32 Å². The number of nitrogens with one attached hydrogen (secondary N) is 1. The van der Waals surface area contributed by atoms with E-state index in [0.717, 1.165) is 57.2 Å². The van der Waals surface area contributed by atoms with Gasteiger partial charge < -0.3 is 10.2 Å². The molecule has 0 aromatic rings. The van der Waals surface area contributed by atoms with Gasteiger partial charge in [0, 0.05) is 13.0 Å². The van der Waals surface area contributed by atoms with E-state index in [4.69, 9.17) is 4.84 Å². The Morgan fingerprint density at radius 3 is 2.42 bits per heavy atom. The number of unbranched alkanes of at least 4 members (excludes halogenated alkanes) is 3. The molecule has 0 saturated carbocycles. The van der Waals surface area contributed by atoms with Crippen LogP contribution in [0.3, 0.4) is 0 Å². The molecule has 112 valence electrons. The lowest BCUT2D eigenvalue weighted by Gasteiger charge is -2.04. The Hall–Kier alpha value is -1.06. The molecule has 0 rings (SSSR count). The highest BCUT2D eigenvalue weighted by Crippen LogP contribution is 2.01. The summed E-state index contributed by atoms with van der Waals surface area (Å²) in [5.41, 5.74) is 1.11. The van der Waals surface area contributed by atoms with E-state index in [1.165, 1.54) is 0 Å². The van der Waals surface area contributed by atoms with E-state index in [-0.39, 0.29) is 5.91 Å². The van der Waals surface area contributed by atoms with Crippen LogP contribution in [-0.2, 0) is 9.63 Å². The second kappa shape index (κ2) is 13.4. The van der Waals surface area contributed by atoms with Crippen LogP contribution in [0.2, 0.25) is 0 Å². The highest BCUT2D eigenvalue weighted by molar-refractivity contribution is 5.83. The first-order valence-electron chi connectivity index (χ1n) is 7.68. The summed E-state index contributed by atoms with van der Waals surface area (Å²) in [6.07, 6.45) is 7.63. The molecule has 0 aliphatic carbocycles. The van der Waals surface area contributed by atoms with Crippen molar-refractivity contribution >= 4 is 11.6 Å². The summed E-state index contributed by atoms with van der Waals surface area (Å²) in [5, 5.41) is 7.00. The van der Waals surface area contributed by atoms with Crippen molar-refractivity contribution in [2.75, 3.05) is 13.2 Å². The van der Waals surface area contributed by atoms with Gasteiger partial charge in [-0.05, 0) is 38.5 Å². The van der Waals surface area contributed by atoms with Gasteiger partial charge in [-0.15, -0.1) is 0 Å². The van der Waals surface area contributed by atoms with Gasteiger partial charge in [0.2, 0.25) is 5.91 Å². The van der Waals surface area contributed by atoms with Crippen LogP contribution in [0.1, 0.15) is 72.1 Å². The molecule has 0 aromatic heterocycles. The molecule has 0 fully saturated rings. The molecule has 0 bridgehead atoms. The van der Waals surface area contributed by atoms with Gasteiger partial charge >= 0.3 is 0 Å². The average Bonchev–Trinajstić information content (AvgIpc) is 2.42. The third-order valence-corrected chi connectivity index (χ3v) is 3.00. The number of carbonyl (C=O) groups is 1. The molecule has 0 unspecified atom stereocenters. The first-order chi connectivity index (χ1) is 9.24. The Bertz CT molecular complexity index is 247. The maximum atomic E-state index is 11.4. The van der Waals surface area contributed by atoms with Gasteiger partial charge in [0.05, 0.1) is 5.71 Å². The Balaban J connectivity index is 3.35. The molecule has 4 heteroatoms. The Morgan fingerprint density at radius 1 is 1.05 bits per heavy atom. The summed E-state index contributed by atoms with van der Waals surface area (Å²) in [6, 6.07) is 0. The number of rotatable bonds is 12.